The van der Waals surface area contributed by atoms with E-state index in [1.165, 1.54) is 0 Å². The van der Waals surface area contributed by atoms with Crippen LogP contribution in [0.25, 0.3) is 0 Å². The topological polar surface area (TPSA) is 104 Å². The second-order valence-electron chi connectivity index (χ2n) is 8.81. The number of aliphatic hydroxyl groups is 1. The number of Topliss-reactive ketones (excluding diaryl/α,β-unsaturated/α-hetero) is 1. The van der Waals surface area contributed by atoms with Gasteiger partial charge in [0, 0.05) is 43.7 Å². The Hall–Kier alpha value is -3.15. The van der Waals surface area contributed by atoms with E-state index in [-0.39, 0.29) is 31.8 Å². The van der Waals surface area contributed by atoms with Crippen molar-refractivity contribution in [3.8, 4) is 6.07 Å². The van der Waals surface area contributed by atoms with Crippen LogP contribution in [0.1, 0.15) is 62.9 Å². The van der Waals surface area contributed by atoms with E-state index in [9.17, 15) is 14.7 Å². The summed E-state index contributed by atoms with van der Waals surface area (Å²) in [6.45, 7) is 4.78. The van der Waals surface area contributed by atoms with E-state index in [4.69, 9.17) is 10.00 Å². The van der Waals surface area contributed by atoms with Gasteiger partial charge in [-0.25, -0.2) is 9.18 Å². The largest absolute Gasteiger partial charge is 0.457 e. The van der Waals surface area contributed by atoms with E-state index in [0.717, 1.165) is 16.7 Å². The number of aliphatic hydroxyl groups excluding tert-OH is 1. The molecule has 0 amide bonds. The molecule has 8 heteroatoms. The molecule has 0 bridgehead atoms. The van der Waals surface area contributed by atoms with Crippen molar-refractivity contribution in [2.45, 2.75) is 51.5 Å². The SMILES string of the molecule is Cc1nc(CC(=O)C2(F)CCN(C[C@H](O)c3ccc4c(c3C)COC4=O)CC2)ccc1C#N. The molecule has 4 rings (SSSR count). The second kappa shape index (κ2) is 9.00. The van der Waals surface area contributed by atoms with Crippen molar-refractivity contribution in [2.24, 2.45) is 0 Å². The monoisotopic (exact) mass is 451 g/mol. The van der Waals surface area contributed by atoms with Crippen molar-refractivity contribution in [1.29, 1.82) is 5.26 Å². The molecule has 1 aromatic heterocycles. The Morgan fingerprint density at radius 3 is 2.70 bits per heavy atom. The highest BCUT2D eigenvalue weighted by molar-refractivity contribution is 5.94. The minimum Gasteiger partial charge on any atom is -0.457 e. The first-order valence-electron chi connectivity index (χ1n) is 11.0. The van der Waals surface area contributed by atoms with Gasteiger partial charge in [0.25, 0.3) is 0 Å². The maximum absolute atomic E-state index is 15.4. The summed E-state index contributed by atoms with van der Waals surface area (Å²) in [6, 6.07) is 8.64. The highest BCUT2D eigenvalue weighted by Crippen LogP contribution is 2.32. The molecule has 2 aliphatic heterocycles. The number of ether oxygens (including phenoxy) is 1. The highest BCUT2D eigenvalue weighted by Gasteiger charge is 2.41. The van der Waals surface area contributed by atoms with Gasteiger partial charge < -0.3 is 14.7 Å². The summed E-state index contributed by atoms with van der Waals surface area (Å²) in [5.41, 5.74) is 2.39. The van der Waals surface area contributed by atoms with Crippen molar-refractivity contribution < 1.29 is 23.8 Å². The van der Waals surface area contributed by atoms with Crippen molar-refractivity contribution in [2.75, 3.05) is 19.6 Å². The Bertz CT molecular complexity index is 1150. The number of hydrogen-bond donors (Lipinski definition) is 1. The van der Waals surface area contributed by atoms with Gasteiger partial charge in [0.15, 0.2) is 11.5 Å². The summed E-state index contributed by atoms with van der Waals surface area (Å²) >= 11 is 0. The van der Waals surface area contributed by atoms with Gasteiger partial charge in [-0.15, -0.1) is 0 Å². The predicted octanol–water partition coefficient (Wildman–Crippen LogP) is 2.89. The number of cyclic esters (lactones) is 1. The van der Waals surface area contributed by atoms with Crippen LogP contribution >= 0.6 is 0 Å². The number of fused-ring (bicyclic) bond motifs is 1. The molecular weight excluding hydrogens is 425 g/mol. The standard InChI is InChI=1S/C25H26FN3O4/c1-15-19(5-6-20-21(15)14-33-24(20)32)22(30)13-29-9-7-25(26,8-10-29)23(31)11-18-4-3-17(12-27)16(2)28-18/h3-6,22,30H,7-11,13-14H2,1-2H3/t22-/m0/s1. The number of aryl methyl sites for hydroxylation is 1. The van der Waals surface area contributed by atoms with Crippen LogP contribution in [0.2, 0.25) is 0 Å². The normalized spacial score (nSPS) is 18.3. The molecule has 0 unspecified atom stereocenters. The number of β-amino-alcohol motifs (C(OH)–C–C–N with tert-alkyl or cyclic N) is 1. The van der Waals surface area contributed by atoms with Gasteiger partial charge in [-0.05, 0) is 43.2 Å². The van der Waals surface area contributed by atoms with Crippen LogP contribution in [-0.2, 0) is 22.6 Å². The first kappa shape index (κ1) is 23.0. The Labute approximate surface area is 191 Å². The number of rotatable bonds is 6. The predicted molar refractivity (Wildman–Crippen MR) is 117 cm³/mol. The number of carbonyl (C=O) groups is 2. The van der Waals surface area contributed by atoms with E-state index in [0.29, 0.717) is 42.1 Å². The smallest absolute Gasteiger partial charge is 0.338 e. The first-order valence-corrected chi connectivity index (χ1v) is 11.0. The molecule has 33 heavy (non-hydrogen) atoms. The fourth-order valence-corrected chi connectivity index (χ4v) is 4.59. The summed E-state index contributed by atoms with van der Waals surface area (Å²) in [6.07, 6.45) is -0.793. The van der Waals surface area contributed by atoms with Crippen LogP contribution < -0.4 is 0 Å². The Kier molecular flexibility index (Phi) is 6.28. The molecule has 1 aromatic carbocycles. The fourth-order valence-electron chi connectivity index (χ4n) is 4.59. The third kappa shape index (κ3) is 4.52. The molecule has 0 radical (unpaired) electrons. The zero-order valence-electron chi connectivity index (χ0n) is 18.7. The molecular formula is C25H26FN3O4. The van der Waals surface area contributed by atoms with E-state index in [1.54, 1.807) is 31.2 Å². The van der Waals surface area contributed by atoms with Crippen LogP contribution in [0.5, 0.6) is 0 Å². The molecule has 2 aromatic rings. The first-order chi connectivity index (χ1) is 15.7. The van der Waals surface area contributed by atoms with Crippen molar-refractivity contribution in [3.63, 3.8) is 0 Å². The average molecular weight is 451 g/mol. The van der Waals surface area contributed by atoms with Crippen LogP contribution in [0.4, 0.5) is 4.39 Å². The summed E-state index contributed by atoms with van der Waals surface area (Å²) in [5.74, 6) is -0.848. The van der Waals surface area contributed by atoms with E-state index >= 15 is 4.39 Å². The quantitative estimate of drug-likeness (QED) is 0.674. The van der Waals surface area contributed by atoms with E-state index < -0.39 is 17.6 Å². The number of carbonyl (C=O) groups excluding carboxylic acids is 2. The molecule has 7 nitrogen and oxygen atoms in total. The Balaban J connectivity index is 1.35. The lowest BCUT2D eigenvalue weighted by Gasteiger charge is -2.36. The maximum Gasteiger partial charge on any atom is 0.338 e. The summed E-state index contributed by atoms with van der Waals surface area (Å²) in [4.78, 5) is 30.6. The average Bonchev–Trinajstić information content (AvgIpc) is 3.17. The summed E-state index contributed by atoms with van der Waals surface area (Å²) < 4.78 is 20.5. The molecule has 0 spiro atoms. The number of alkyl halides is 1. The number of nitrogens with zero attached hydrogens (tertiary/aromatic N) is 3. The molecule has 2 aliphatic rings. The zero-order valence-corrected chi connectivity index (χ0v) is 18.7. The fraction of sp³-hybridized carbons (Fsp3) is 0.440. The minimum atomic E-state index is -1.92. The molecule has 1 fully saturated rings. The van der Waals surface area contributed by atoms with Crippen LogP contribution in [0.15, 0.2) is 24.3 Å². The van der Waals surface area contributed by atoms with Gasteiger partial charge >= 0.3 is 5.97 Å². The van der Waals surface area contributed by atoms with Gasteiger partial charge in [-0.3, -0.25) is 9.78 Å². The molecule has 0 aliphatic carbocycles. The van der Waals surface area contributed by atoms with Gasteiger partial charge in [0.2, 0.25) is 0 Å². The second-order valence-corrected chi connectivity index (χ2v) is 8.81. The van der Waals surface area contributed by atoms with Crippen molar-refractivity contribution in [1.82, 2.24) is 9.88 Å². The zero-order chi connectivity index (χ0) is 23.8. The summed E-state index contributed by atoms with van der Waals surface area (Å²) in [5, 5.41) is 19.8. The number of ketones is 1. The number of aromatic nitrogens is 1. The molecule has 172 valence electrons. The number of nitriles is 1. The Morgan fingerprint density at radius 2 is 2.03 bits per heavy atom. The third-order valence-electron chi connectivity index (χ3n) is 6.75. The minimum absolute atomic E-state index is 0.0549. The number of esters is 1. The number of pyridine rings is 1. The lowest BCUT2D eigenvalue weighted by Crippen LogP contribution is -2.48. The number of halogens is 1. The van der Waals surface area contributed by atoms with Gasteiger partial charge in [0.1, 0.15) is 12.7 Å². The number of benzene rings is 1. The van der Waals surface area contributed by atoms with Gasteiger partial charge in [0.05, 0.1) is 29.3 Å². The summed E-state index contributed by atoms with van der Waals surface area (Å²) in [7, 11) is 0. The third-order valence-corrected chi connectivity index (χ3v) is 6.75. The van der Waals surface area contributed by atoms with E-state index in [1.807, 2.05) is 17.9 Å². The van der Waals surface area contributed by atoms with Crippen molar-refractivity contribution in [3.05, 3.63) is 63.5 Å². The van der Waals surface area contributed by atoms with Crippen LogP contribution in [-0.4, -0.2) is 52.0 Å². The molecule has 0 saturated carbocycles. The number of likely N-dealkylation sites (tertiary alicyclic amines) is 1. The maximum atomic E-state index is 15.4. The van der Waals surface area contributed by atoms with Crippen molar-refractivity contribution >= 4 is 11.8 Å². The molecule has 1 N–H and O–H groups in total. The van der Waals surface area contributed by atoms with Gasteiger partial charge in [-0.2, -0.15) is 5.26 Å². The van der Waals surface area contributed by atoms with Crippen LogP contribution in [0, 0.1) is 25.2 Å². The molecule has 1 atom stereocenters. The van der Waals surface area contributed by atoms with E-state index in [2.05, 4.69) is 4.98 Å². The van der Waals surface area contributed by atoms with Crippen LogP contribution in [0.3, 0.4) is 0 Å². The lowest BCUT2D eigenvalue weighted by atomic mass is 9.86. The number of hydrogen-bond acceptors (Lipinski definition) is 7. The Morgan fingerprint density at radius 1 is 1.30 bits per heavy atom. The molecule has 1 saturated heterocycles. The highest BCUT2D eigenvalue weighted by atomic mass is 19.1. The van der Waals surface area contributed by atoms with Gasteiger partial charge in [-0.1, -0.05) is 6.07 Å². The molecule has 3 heterocycles. The lowest BCUT2D eigenvalue weighted by molar-refractivity contribution is -0.133. The number of piperidine rings is 1.